The molecule has 4 rings (SSSR count). The van der Waals surface area contributed by atoms with Gasteiger partial charge in [0.2, 0.25) is 0 Å². The van der Waals surface area contributed by atoms with Crippen LogP contribution in [0.5, 0.6) is 5.75 Å². The van der Waals surface area contributed by atoms with Gasteiger partial charge < -0.3 is 4.74 Å². The summed E-state index contributed by atoms with van der Waals surface area (Å²) >= 11 is 0. The van der Waals surface area contributed by atoms with E-state index in [4.69, 9.17) is 4.74 Å². The summed E-state index contributed by atoms with van der Waals surface area (Å²) < 4.78 is 45.7. The summed E-state index contributed by atoms with van der Waals surface area (Å²) in [4.78, 5) is 0. The Balaban J connectivity index is 1.21. The van der Waals surface area contributed by atoms with Crippen LogP contribution in [0.2, 0.25) is 0 Å². The molecule has 7 heteroatoms. The molecule has 3 aromatic carbocycles. The quantitative estimate of drug-likeness (QED) is 0.181. The molecule has 1 aromatic heterocycles. The fourth-order valence-electron chi connectivity index (χ4n) is 3.57. The summed E-state index contributed by atoms with van der Waals surface area (Å²) in [6, 6.07) is 21.2. The number of halogens is 3. The molecule has 0 aliphatic rings. The predicted molar refractivity (Wildman–Crippen MR) is 131 cm³/mol. The summed E-state index contributed by atoms with van der Waals surface area (Å²) in [5.41, 5.74) is 3.34. The van der Waals surface area contributed by atoms with Crippen molar-refractivity contribution in [3.63, 3.8) is 0 Å². The molecule has 0 amide bonds. The largest absolute Gasteiger partial charge is 0.489 e. The number of alkyl halides is 3. The van der Waals surface area contributed by atoms with Crippen molar-refractivity contribution in [3.05, 3.63) is 113 Å². The van der Waals surface area contributed by atoms with Crippen LogP contribution in [-0.2, 0) is 25.7 Å². The van der Waals surface area contributed by atoms with Crippen LogP contribution in [0.4, 0.5) is 13.2 Å². The molecule has 0 bridgehead atoms. The maximum absolute atomic E-state index is 12.7. The molecule has 4 nitrogen and oxygen atoms in total. The van der Waals surface area contributed by atoms with Crippen molar-refractivity contribution in [2.24, 2.45) is 0 Å². The van der Waals surface area contributed by atoms with E-state index in [1.165, 1.54) is 17.7 Å². The molecule has 35 heavy (non-hydrogen) atoms. The number of benzene rings is 3. The SMILES string of the molecule is FC(F)(F)c1ccc(/C=C/c2ccc(COc3ccc(CCCCn4ccnn4)cc3)cc2)cc1. The van der Waals surface area contributed by atoms with E-state index in [0.717, 1.165) is 54.8 Å². The predicted octanol–water partition coefficient (Wildman–Crippen LogP) is 7.07. The number of rotatable bonds is 10. The van der Waals surface area contributed by atoms with Crippen molar-refractivity contribution in [1.82, 2.24) is 15.0 Å². The van der Waals surface area contributed by atoms with Gasteiger partial charge in [0.1, 0.15) is 12.4 Å². The first-order valence-electron chi connectivity index (χ1n) is 11.5. The second kappa shape index (κ2) is 11.5. The monoisotopic (exact) mass is 477 g/mol. The lowest BCUT2D eigenvalue weighted by atomic mass is 10.1. The zero-order chi connectivity index (χ0) is 24.5. The lowest BCUT2D eigenvalue weighted by Gasteiger charge is -2.08. The number of ether oxygens (including phenoxy) is 1. The van der Waals surface area contributed by atoms with E-state index < -0.39 is 11.7 Å². The molecule has 0 N–H and O–H groups in total. The molecule has 4 aromatic rings. The summed E-state index contributed by atoms with van der Waals surface area (Å²) in [7, 11) is 0. The minimum Gasteiger partial charge on any atom is -0.489 e. The van der Waals surface area contributed by atoms with Gasteiger partial charge in [0, 0.05) is 12.7 Å². The number of hydrogen-bond donors (Lipinski definition) is 0. The van der Waals surface area contributed by atoms with Crippen molar-refractivity contribution in [1.29, 1.82) is 0 Å². The van der Waals surface area contributed by atoms with Crippen molar-refractivity contribution < 1.29 is 17.9 Å². The van der Waals surface area contributed by atoms with E-state index in [2.05, 4.69) is 22.4 Å². The number of unbranched alkanes of at least 4 members (excludes halogenated alkanes) is 1. The highest BCUT2D eigenvalue weighted by Gasteiger charge is 2.29. The molecule has 180 valence electrons. The Morgan fingerprint density at radius 1 is 0.771 bits per heavy atom. The highest BCUT2D eigenvalue weighted by Crippen LogP contribution is 2.29. The van der Waals surface area contributed by atoms with E-state index in [-0.39, 0.29) is 0 Å². The average Bonchev–Trinajstić information content (AvgIpc) is 3.39. The standard InChI is InChI=1S/C28H26F3N3O/c29-28(30,31)26-14-10-24(11-15-26)5-4-23-6-8-25(9-7-23)21-35-27-16-12-22(13-17-27)3-1-2-19-34-20-18-32-33-34/h4-18,20H,1-3,19,21H2/b5-4+. The first-order valence-corrected chi connectivity index (χ1v) is 11.5. The molecule has 0 saturated heterocycles. The fraction of sp³-hybridized carbons (Fsp3) is 0.214. The Morgan fingerprint density at radius 3 is 2.00 bits per heavy atom. The summed E-state index contributed by atoms with van der Waals surface area (Å²) in [6.07, 6.45) is 6.06. The molecule has 0 radical (unpaired) electrons. The maximum atomic E-state index is 12.7. The Labute approximate surface area is 202 Å². The van der Waals surface area contributed by atoms with Gasteiger partial charge in [-0.15, -0.1) is 5.10 Å². The van der Waals surface area contributed by atoms with Crippen LogP contribution >= 0.6 is 0 Å². The van der Waals surface area contributed by atoms with Gasteiger partial charge in [-0.2, -0.15) is 13.2 Å². The third-order valence-corrected chi connectivity index (χ3v) is 5.59. The first-order chi connectivity index (χ1) is 17.0. The minimum atomic E-state index is -4.32. The number of aryl methyl sites for hydroxylation is 2. The minimum absolute atomic E-state index is 0.458. The van der Waals surface area contributed by atoms with Crippen molar-refractivity contribution in [3.8, 4) is 5.75 Å². The van der Waals surface area contributed by atoms with Gasteiger partial charge in [0.25, 0.3) is 0 Å². The molecule has 0 aliphatic heterocycles. The van der Waals surface area contributed by atoms with Crippen LogP contribution in [-0.4, -0.2) is 15.0 Å². The van der Waals surface area contributed by atoms with E-state index in [1.807, 2.05) is 53.4 Å². The van der Waals surface area contributed by atoms with E-state index in [0.29, 0.717) is 12.2 Å². The third-order valence-electron chi connectivity index (χ3n) is 5.59. The summed E-state index contributed by atoms with van der Waals surface area (Å²) in [6.45, 7) is 1.34. The molecule has 0 unspecified atom stereocenters. The lowest BCUT2D eigenvalue weighted by Crippen LogP contribution is -2.03. The van der Waals surface area contributed by atoms with Gasteiger partial charge in [-0.05, 0) is 65.8 Å². The molecular formula is C28H26F3N3O. The van der Waals surface area contributed by atoms with Gasteiger partial charge in [0.15, 0.2) is 0 Å². The molecule has 0 saturated carbocycles. The molecule has 0 spiro atoms. The third kappa shape index (κ3) is 7.57. The van der Waals surface area contributed by atoms with Crippen LogP contribution < -0.4 is 4.74 Å². The zero-order valence-electron chi connectivity index (χ0n) is 19.2. The molecule has 0 fully saturated rings. The number of aromatic nitrogens is 3. The highest BCUT2D eigenvalue weighted by atomic mass is 19.4. The fourth-order valence-corrected chi connectivity index (χ4v) is 3.57. The summed E-state index contributed by atoms with van der Waals surface area (Å²) in [5, 5.41) is 7.78. The second-order valence-electron chi connectivity index (χ2n) is 8.25. The van der Waals surface area contributed by atoms with Crippen LogP contribution in [0, 0.1) is 0 Å². The molecular weight excluding hydrogens is 451 g/mol. The number of hydrogen-bond acceptors (Lipinski definition) is 3. The Morgan fingerprint density at radius 2 is 1.40 bits per heavy atom. The van der Waals surface area contributed by atoms with E-state index in [1.54, 1.807) is 12.3 Å². The number of nitrogens with zero attached hydrogens (tertiary/aromatic N) is 3. The smallest absolute Gasteiger partial charge is 0.416 e. The van der Waals surface area contributed by atoms with Crippen molar-refractivity contribution in [2.75, 3.05) is 0 Å². The Kier molecular flexibility index (Phi) is 7.98. The van der Waals surface area contributed by atoms with Gasteiger partial charge in [-0.25, -0.2) is 0 Å². The topological polar surface area (TPSA) is 39.9 Å². The Hall–Kier alpha value is -3.87. The van der Waals surface area contributed by atoms with Crippen LogP contribution in [0.15, 0.2) is 85.2 Å². The molecule has 0 aliphatic carbocycles. The Bertz CT molecular complexity index is 1200. The molecule has 1 heterocycles. The van der Waals surface area contributed by atoms with E-state index in [9.17, 15) is 13.2 Å². The maximum Gasteiger partial charge on any atom is 0.416 e. The van der Waals surface area contributed by atoms with Gasteiger partial charge in [-0.3, -0.25) is 4.68 Å². The highest BCUT2D eigenvalue weighted by molar-refractivity contribution is 5.69. The normalized spacial score (nSPS) is 11.7. The van der Waals surface area contributed by atoms with E-state index >= 15 is 0 Å². The summed E-state index contributed by atoms with van der Waals surface area (Å²) in [5.74, 6) is 0.822. The van der Waals surface area contributed by atoms with Crippen molar-refractivity contribution in [2.45, 2.75) is 38.6 Å². The zero-order valence-corrected chi connectivity index (χ0v) is 19.2. The van der Waals surface area contributed by atoms with Gasteiger partial charge in [-0.1, -0.05) is 65.9 Å². The second-order valence-corrected chi connectivity index (χ2v) is 8.25. The molecule has 0 atom stereocenters. The van der Waals surface area contributed by atoms with Gasteiger partial charge >= 0.3 is 6.18 Å². The van der Waals surface area contributed by atoms with Gasteiger partial charge in [0.05, 0.1) is 11.8 Å². The van der Waals surface area contributed by atoms with Crippen molar-refractivity contribution >= 4 is 12.2 Å². The first kappa shape index (κ1) is 24.3. The van der Waals surface area contributed by atoms with Crippen LogP contribution in [0.1, 0.15) is 40.7 Å². The van der Waals surface area contributed by atoms with Crippen LogP contribution in [0.3, 0.4) is 0 Å². The van der Waals surface area contributed by atoms with Crippen LogP contribution in [0.25, 0.3) is 12.2 Å². The lowest BCUT2D eigenvalue weighted by molar-refractivity contribution is -0.137. The average molecular weight is 478 g/mol.